The minimum Gasteiger partial charge on any atom is -0.481 e. The van der Waals surface area contributed by atoms with Gasteiger partial charge >= 0.3 is 23.9 Å². The van der Waals surface area contributed by atoms with Gasteiger partial charge in [-0.1, -0.05) is 27.7 Å². The largest absolute Gasteiger partial charge is 0.481 e. The van der Waals surface area contributed by atoms with Gasteiger partial charge in [-0.15, -0.1) is 0 Å². The minimum absolute atomic E-state index is 0. The van der Waals surface area contributed by atoms with E-state index in [0.29, 0.717) is 0 Å². The molecule has 10 nitrogen and oxygen atoms in total. The Bertz CT molecular complexity index is 226. The second-order valence-corrected chi connectivity index (χ2v) is 2.99. The molecule has 0 aliphatic heterocycles. The third-order valence-corrected chi connectivity index (χ3v) is 1.21. The zero-order chi connectivity index (χ0) is 17.1. The first kappa shape index (κ1) is 36.7. The van der Waals surface area contributed by atoms with Gasteiger partial charge in [-0.2, -0.15) is 0 Å². The monoisotopic (exact) mass is 330 g/mol. The van der Waals surface area contributed by atoms with Gasteiger partial charge in [0.2, 0.25) is 0 Å². The normalized spacial score (nSPS) is 6.73. The van der Waals surface area contributed by atoms with Crippen molar-refractivity contribution in [3.8, 4) is 0 Å². The lowest BCUT2D eigenvalue weighted by Gasteiger charge is -1.71. The molecule has 0 unspecified atom stereocenters. The van der Waals surface area contributed by atoms with Gasteiger partial charge in [0, 0.05) is 25.7 Å². The number of carbonyl (C=O) groups is 4. The van der Waals surface area contributed by atoms with E-state index in [2.05, 4.69) is 0 Å². The molecule has 0 saturated heterocycles. The summed E-state index contributed by atoms with van der Waals surface area (Å²) in [6, 6.07) is 0. The van der Waals surface area contributed by atoms with Crippen LogP contribution in [0.5, 0.6) is 0 Å². The Morgan fingerprint density at radius 1 is 0.500 bits per heavy atom. The standard InChI is InChI=1S/4C3H6O2.2H3N/c4*1-2-3(4)5;;/h4*2H2,1H3,(H,4,5);2*1H3. The van der Waals surface area contributed by atoms with E-state index in [4.69, 9.17) is 20.4 Å². The lowest BCUT2D eigenvalue weighted by atomic mass is 10.5. The molecule has 0 rings (SSSR count). The number of hydrogen-bond acceptors (Lipinski definition) is 6. The van der Waals surface area contributed by atoms with Crippen LogP contribution in [0.1, 0.15) is 53.4 Å². The van der Waals surface area contributed by atoms with E-state index in [9.17, 15) is 19.2 Å². The summed E-state index contributed by atoms with van der Waals surface area (Å²) in [5.41, 5.74) is 0. The highest BCUT2D eigenvalue weighted by Gasteiger charge is 1.82. The predicted molar refractivity (Wildman–Crippen MR) is 81.8 cm³/mol. The van der Waals surface area contributed by atoms with Gasteiger partial charge in [0.05, 0.1) is 0 Å². The molecule has 0 spiro atoms. The van der Waals surface area contributed by atoms with Gasteiger partial charge < -0.3 is 32.7 Å². The van der Waals surface area contributed by atoms with E-state index in [0.717, 1.165) is 0 Å². The van der Waals surface area contributed by atoms with Crippen LogP contribution >= 0.6 is 0 Å². The molecule has 136 valence electrons. The smallest absolute Gasteiger partial charge is 0.303 e. The minimum atomic E-state index is -0.745. The molecule has 0 saturated carbocycles. The van der Waals surface area contributed by atoms with Gasteiger partial charge in [-0.3, -0.25) is 19.2 Å². The topological polar surface area (TPSA) is 219 Å². The van der Waals surface area contributed by atoms with Crippen molar-refractivity contribution in [2.24, 2.45) is 0 Å². The lowest BCUT2D eigenvalue weighted by Crippen LogP contribution is -1.86. The third kappa shape index (κ3) is 149. The Kier molecular flexibility index (Phi) is 52.2. The van der Waals surface area contributed by atoms with Crippen LogP contribution in [0.3, 0.4) is 0 Å². The number of carboxylic acids is 4. The molecule has 0 aliphatic rings. The van der Waals surface area contributed by atoms with Crippen molar-refractivity contribution < 1.29 is 39.6 Å². The molecule has 22 heavy (non-hydrogen) atoms. The van der Waals surface area contributed by atoms with Crippen molar-refractivity contribution in [2.75, 3.05) is 0 Å². The highest BCUT2D eigenvalue weighted by atomic mass is 16.4. The van der Waals surface area contributed by atoms with Crippen LogP contribution in [-0.4, -0.2) is 44.3 Å². The second-order valence-electron chi connectivity index (χ2n) is 2.99. The van der Waals surface area contributed by atoms with E-state index in [-0.39, 0.29) is 38.0 Å². The lowest BCUT2D eigenvalue weighted by molar-refractivity contribution is -0.137. The first-order valence-corrected chi connectivity index (χ1v) is 5.95. The zero-order valence-corrected chi connectivity index (χ0v) is 13.7. The van der Waals surface area contributed by atoms with Crippen molar-refractivity contribution in [1.29, 1.82) is 0 Å². The van der Waals surface area contributed by atoms with Crippen LogP contribution in [-0.2, 0) is 19.2 Å². The molecule has 0 aromatic rings. The Morgan fingerprint density at radius 2 is 0.545 bits per heavy atom. The van der Waals surface area contributed by atoms with Crippen molar-refractivity contribution in [3.05, 3.63) is 0 Å². The molecule has 0 fully saturated rings. The van der Waals surface area contributed by atoms with Crippen LogP contribution in [0.25, 0.3) is 0 Å². The fourth-order valence-electron chi connectivity index (χ4n) is 0. The molecular weight excluding hydrogens is 300 g/mol. The molecule has 0 amide bonds. The SMILES string of the molecule is CCC(=O)O.CCC(=O)O.CCC(=O)O.CCC(=O)O.N.N. The van der Waals surface area contributed by atoms with Crippen molar-refractivity contribution in [3.63, 3.8) is 0 Å². The van der Waals surface area contributed by atoms with E-state index in [1.165, 1.54) is 0 Å². The molecule has 0 heterocycles. The van der Waals surface area contributed by atoms with Gasteiger partial charge in [0.25, 0.3) is 0 Å². The van der Waals surface area contributed by atoms with Crippen LogP contribution in [0.15, 0.2) is 0 Å². The third-order valence-electron chi connectivity index (χ3n) is 1.21. The molecular formula is C12H30N2O8. The summed E-state index contributed by atoms with van der Waals surface area (Å²) in [5, 5.41) is 30.9. The van der Waals surface area contributed by atoms with Crippen molar-refractivity contribution in [1.82, 2.24) is 12.3 Å². The Morgan fingerprint density at radius 3 is 0.545 bits per heavy atom. The Balaban J connectivity index is -0.0000000376. The van der Waals surface area contributed by atoms with E-state index >= 15 is 0 Å². The zero-order valence-electron chi connectivity index (χ0n) is 13.7. The average molecular weight is 330 g/mol. The molecule has 0 aromatic heterocycles. The summed E-state index contributed by atoms with van der Waals surface area (Å²) in [5.74, 6) is -2.98. The van der Waals surface area contributed by atoms with E-state index < -0.39 is 23.9 Å². The number of hydrogen-bond donors (Lipinski definition) is 6. The van der Waals surface area contributed by atoms with Gasteiger partial charge in [0.15, 0.2) is 0 Å². The molecule has 10 N–H and O–H groups in total. The molecule has 0 atom stereocenters. The number of carboxylic acid groups (broad SMARTS) is 4. The van der Waals surface area contributed by atoms with Gasteiger partial charge in [-0.25, -0.2) is 0 Å². The fraction of sp³-hybridized carbons (Fsp3) is 0.667. The summed E-state index contributed by atoms with van der Waals surface area (Å²) in [7, 11) is 0. The van der Waals surface area contributed by atoms with Crippen molar-refractivity contribution >= 4 is 23.9 Å². The summed E-state index contributed by atoms with van der Waals surface area (Å²) < 4.78 is 0. The first-order valence-electron chi connectivity index (χ1n) is 5.95. The fourth-order valence-corrected chi connectivity index (χ4v) is 0. The number of rotatable bonds is 4. The molecule has 0 bridgehead atoms. The summed E-state index contributed by atoms with van der Waals surface area (Å²) in [6.07, 6.45) is 0.889. The molecule has 0 aromatic carbocycles. The summed E-state index contributed by atoms with van der Waals surface area (Å²) in [6.45, 7) is 6.40. The predicted octanol–water partition coefficient (Wildman–Crippen LogP) is 2.25. The summed E-state index contributed by atoms with van der Waals surface area (Å²) in [4.78, 5) is 37.5. The Labute approximate surface area is 130 Å². The highest BCUT2D eigenvalue weighted by molar-refractivity contribution is 5.66. The van der Waals surface area contributed by atoms with Gasteiger partial charge in [0.1, 0.15) is 0 Å². The first-order chi connectivity index (χ1) is 9.08. The van der Waals surface area contributed by atoms with Gasteiger partial charge in [-0.05, 0) is 0 Å². The van der Waals surface area contributed by atoms with Crippen molar-refractivity contribution in [2.45, 2.75) is 53.4 Å². The number of aliphatic carboxylic acids is 4. The highest BCUT2D eigenvalue weighted by Crippen LogP contribution is 1.68. The van der Waals surface area contributed by atoms with Crippen LogP contribution in [0.2, 0.25) is 0 Å². The molecule has 10 heteroatoms. The molecule has 0 radical (unpaired) electrons. The average Bonchev–Trinajstić information content (AvgIpc) is 2.40. The van der Waals surface area contributed by atoms with Crippen LogP contribution in [0, 0.1) is 0 Å². The second kappa shape index (κ2) is 31.3. The maximum Gasteiger partial charge on any atom is 0.303 e. The van der Waals surface area contributed by atoms with Crippen LogP contribution < -0.4 is 12.3 Å². The molecule has 0 aliphatic carbocycles. The van der Waals surface area contributed by atoms with E-state index in [1.807, 2.05) is 0 Å². The maximum absolute atomic E-state index is 9.37. The van der Waals surface area contributed by atoms with Crippen LogP contribution in [0.4, 0.5) is 0 Å². The Hall–Kier alpha value is -2.20. The quantitative estimate of drug-likeness (QED) is 0.441. The maximum atomic E-state index is 9.37. The van der Waals surface area contributed by atoms with E-state index in [1.54, 1.807) is 27.7 Å². The summed E-state index contributed by atoms with van der Waals surface area (Å²) >= 11 is 0.